The van der Waals surface area contributed by atoms with E-state index in [1.165, 1.54) is 45.3 Å². The molecule has 6 aromatic rings. The molecule has 5 aliphatic heterocycles. The van der Waals surface area contributed by atoms with E-state index in [0.717, 1.165) is 34.0 Å². The van der Waals surface area contributed by atoms with Crippen LogP contribution in [0.15, 0.2) is 146 Å². The van der Waals surface area contributed by atoms with Gasteiger partial charge in [-0.2, -0.15) is 4.48 Å². The second-order valence-electron chi connectivity index (χ2n) is 13.5. The number of pyridine rings is 2. The van der Waals surface area contributed by atoms with Gasteiger partial charge in [-0.25, -0.2) is 0 Å². The zero-order chi connectivity index (χ0) is 33.1. The summed E-state index contributed by atoms with van der Waals surface area (Å²) in [4.78, 5) is 19.0. The molecule has 2 unspecified atom stereocenters. The number of nitrogens with zero attached hydrogens (tertiary/aromatic N) is 7. The van der Waals surface area contributed by atoms with Gasteiger partial charge in [0.15, 0.2) is 11.5 Å². The van der Waals surface area contributed by atoms with Gasteiger partial charge in [0.2, 0.25) is 11.4 Å². The number of anilines is 2. The first-order valence-electron chi connectivity index (χ1n) is 17.0. The highest BCUT2D eigenvalue weighted by Gasteiger charge is 2.72. The van der Waals surface area contributed by atoms with Gasteiger partial charge in [0.25, 0.3) is 12.6 Å². The summed E-state index contributed by atoms with van der Waals surface area (Å²) in [6, 6.07) is 42.6. The number of hydrogen-bond acceptors (Lipinski definition) is 7. The van der Waals surface area contributed by atoms with E-state index in [1.807, 2.05) is 36.7 Å². The predicted octanol–water partition coefficient (Wildman–Crippen LogP) is 8.65. The number of aromatic nitrogens is 2. The number of quaternary nitrogens is 1. The Kier molecular flexibility index (Phi) is 5.42. The van der Waals surface area contributed by atoms with E-state index in [0.29, 0.717) is 4.48 Å². The lowest BCUT2D eigenvalue weighted by Crippen LogP contribution is -2.68. The average Bonchev–Trinajstić information content (AvgIpc) is 3.88. The SMILES string of the molecule is CN1C(c2ccc(-c3ccccn3)cc2)=CN2c3cccc4c3[N+]3(c5c(cccc5N5C=C(c6ccc(-c7ccccn7)cc6)N(C)C53)O4)C12. The minimum Gasteiger partial charge on any atom is -0.445 e. The van der Waals surface area contributed by atoms with E-state index in [-0.39, 0.29) is 12.6 Å². The molecule has 5 aliphatic rings. The van der Waals surface area contributed by atoms with Crippen LogP contribution in [-0.4, -0.2) is 46.4 Å². The summed E-state index contributed by atoms with van der Waals surface area (Å²) >= 11 is 0. The Balaban J connectivity index is 1.04. The fraction of sp³-hybridized carbons (Fsp3) is 0.0952. The van der Waals surface area contributed by atoms with Gasteiger partial charge in [-0.05, 0) is 59.7 Å². The summed E-state index contributed by atoms with van der Waals surface area (Å²) < 4.78 is 7.32. The summed E-state index contributed by atoms with van der Waals surface area (Å²) in [5.74, 6) is 1.82. The Bertz CT molecular complexity index is 2240. The van der Waals surface area contributed by atoms with Crippen LogP contribution >= 0.6 is 0 Å². The third kappa shape index (κ3) is 3.42. The second kappa shape index (κ2) is 9.84. The Hall–Kier alpha value is -6.38. The molecule has 8 heteroatoms. The third-order valence-corrected chi connectivity index (χ3v) is 11.0. The summed E-state index contributed by atoms with van der Waals surface area (Å²) in [5.41, 5.74) is 13.6. The second-order valence-corrected chi connectivity index (χ2v) is 13.5. The van der Waals surface area contributed by atoms with Crippen molar-refractivity contribution < 1.29 is 4.74 Å². The molecule has 4 aromatic carbocycles. The number of fused-ring (bicyclic) bond motifs is 4. The van der Waals surface area contributed by atoms with Crippen LogP contribution < -0.4 is 19.0 Å². The van der Waals surface area contributed by atoms with E-state index >= 15 is 0 Å². The molecule has 2 aromatic heterocycles. The first-order chi connectivity index (χ1) is 24.6. The Morgan fingerprint density at radius 3 is 1.36 bits per heavy atom. The van der Waals surface area contributed by atoms with Crippen molar-refractivity contribution in [3.8, 4) is 34.0 Å². The van der Waals surface area contributed by atoms with Crippen molar-refractivity contribution in [2.24, 2.45) is 0 Å². The molecule has 8 nitrogen and oxygen atoms in total. The molecule has 0 saturated heterocycles. The van der Waals surface area contributed by atoms with Gasteiger partial charge in [0.1, 0.15) is 11.4 Å². The highest BCUT2D eigenvalue weighted by atomic mass is 16.5. The van der Waals surface area contributed by atoms with Crippen molar-refractivity contribution in [3.63, 3.8) is 0 Å². The lowest BCUT2D eigenvalue weighted by molar-refractivity contribution is 0.0964. The molecule has 2 atom stereocenters. The fourth-order valence-electron chi connectivity index (χ4n) is 8.93. The Morgan fingerprint density at radius 2 is 0.940 bits per heavy atom. The highest BCUT2D eigenvalue weighted by Crippen LogP contribution is 2.71. The molecule has 0 aliphatic carbocycles. The zero-order valence-electron chi connectivity index (χ0n) is 27.5. The van der Waals surface area contributed by atoms with Crippen LogP contribution in [0.4, 0.5) is 22.7 Å². The van der Waals surface area contributed by atoms with Gasteiger partial charge < -0.3 is 14.5 Å². The summed E-state index contributed by atoms with van der Waals surface area (Å²) in [5, 5.41) is 0. The number of ether oxygens (including phenoxy) is 1. The van der Waals surface area contributed by atoms with Gasteiger partial charge in [-0.3, -0.25) is 19.8 Å². The Labute approximate surface area is 290 Å². The van der Waals surface area contributed by atoms with Crippen molar-refractivity contribution in [1.82, 2.24) is 24.3 Å². The van der Waals surface area contributed by atoms with Gasteiger partial charge in [0, 0.05) is 50.0 Å². The maximum atomic E-state index is 6.73. The number of hydrogen-bond donors (Lipinski definition) is 0. The summed E-state index contributed by atoms with van der Waals surface area (Å²) in [7, 11) is 4.48. The standard InChI is InChI=1S/C42H32N7O/c1-45-35(29-19-15-27(16-20-29)31-9-3-5-23-43-31)25-47-33-11-7-13-37-39(33)49(41(45)47)40-34(12-8-14-38(40)50-37)48-26-36(46(2)42(48)49)30-21-17-28(18-22-30)32-10-4-6-24-44-32/h3-26,41-42H,1-2H3/q+1. The molecule has 0 fully saturated rings. The molecular formula is C42H32N7O+. The van der Waals surface area contributed by atoms with Crippen LogP contribution in [0.25, 0.3) is 33.9 Å². The summed E-state index contributed by atoms with van der Waals surface area (Å²) in [6.45, 7) is 0. The van der Waals surface area contributed by atoms with Crippen LogP contribution in [0.2, 0.25) is 0 Å². The minimum atomic E-state index is -0.0721. The normalized spacial score (nSPS) is 21.7. The molecule has 0 radical (unpaired) electrons. The highest BCUT2D eigenvalue weighted by molar-refractivity contribution is 6.00. The molecule has 0 N–H and O–H groups in total. The molecule has 1 spiro atoms. The zero-order valence-corrected chi connectivity index (χ0v) is 27.5. The van der Waals surface area contributed by atoms with Crippen molar-refractivity contribution in [1.29, 1.82) is 0 Å². The van der Waals surface area contributed by atoms with E-state index in [4.69, 9.17) is 4.74 Å². The van der Waals surface area contributed by atoms with Gasteiger partial charge >= 0.3 is 0 Å². The van der Waals surface area contributed by atoms with Crippen LogP contribution in [0.3, 0.4) is 0 Å². The lowest BCUT2D eigenvalue weighted by atomic mass is 10.1. The van der Waals surface area contributed by atoms with Crippen molar-refractivity contribution >= 4 is 34.1 Å². The van der Waals surface area contributed by atoms with Crippen molar-refractivity contribution in [3.05, 3.63) is 157 Å². The van der Waals surface area contributed by atoms with Crippen LogP contribution in [-0.2, 0) is 0 Å². The smallest absolute Gasteiger partial charge is 0.263 e. The summed E-state index contributed by atoms with van der Waals surface area (Å²) in [6.07, 6.45) is 8.19. The van der Waals surface area contributed by atoms with E-state index in [2.05, 4.69) is 153 Å². The number of benzene rings is 4. The average molecular weight is 651 g/mol. The number of rotatable bonds is 4. The van der Waals surface area contributed by atoms with E-state index < -0.39 is 0 Å². The first kappa shape index (κ1) is 27.6. The van der Waals surface area contributed by atoms with Gasteiger partial charge in [-0.15, -0.1) is 0 Å². The minimum absolute atomic E-state index is 0.0721. The van der Waals surface area contributed by atoms with E-state index in [9.17, 15) is 0 Å². The largest absolute Gasteiger partial charge is 0.445 e. The molecule has 50 heavy (non-hydrogen) atoms. The monoisotopic (exact) mass is 650 g/mol. The molecule has 240 valence electrons. The quantitative estimate of drug-likeness (QED) is 0.177. The van der Waals surface area contributed by atoms with Crippen LogP contribution in [0, 0.1) is 0 Å². The predicted molar refractivity (Wildman–Crippen MR) is 198 cm³/mol. The molecule has 0 bridgehead atoms. The van der Waals surface area contributed by atoms with Crippen molar-refractivity contribution in [2.45, 2.75) is 12.6 Å². The maximum absolute atomic E-state index is 6.73. The maximum Gasteiger partial charge on any atom is 0.263 e. The lowest BCUT2D eigenvalue weighted by Gasteiger charge is -2.46. The van der Waals surface area contributed by atoms with Crippen LogP contribution in [0.5, 0.6) is 11.5 Å². The first-order valence-corrected chi connectivity index (χ1v) is 17.0. The molecule has 7 heterocycles. The topological polar surface area (TPSA) is 48.0 Å². The molecule has 11 rings (SSSR count). The third-order valence-electron chi connectivity index (χ3n) is 11.0. The number of para-hydroxylation sites is 2. The molecule has 0 amide bonds. The van der Waals surface area contributed by atoms with Gasteiger partial charge in [-0.1, -0.05) is 72.8 Å². The van der Waals surface area contributed by atoms with Crippen molar-refractivity contribution in [2.75, 3.05) is 23.9 Å². The molecular weight excluding hydrogens is 619 g/mol. The van der Waals surface area contributed by atoms with Gasteiger partial charge in [0.05, 0.1) is 22.8 Å². The van der Waals surface area contributed by atoms with E-state index in [1.54, 1.807) is 0 Å². The Morgan fingerprint density at radius 1 is 0.500 bits per heavy atom. The fourth-order valence-corrected chi connectivity index (χ4v) is 8.93. The van der Waals surface area contributed by atoms with Crippen LogP contribution in [0.1, 0.15) is 11.1 Å². The molecule has 0 saturated carbocycles.